The molecule has 0 bridgehead atoms. The summed E-state index contributed by atoms with van der Waals surface area (Å²) < 4.78 is 0. The Balaban J connectivity index is 2.15. The summed E-state index contributed by atoms with van der Waals surface area (Å²) in [7, 11) is 0. The van der Waals surface area contributed by atoms with Crippen LogP contribution in [0.1, 0.15) is 32.8 Å². The monoisotopic (exact) mass is 261 g/mol. The van der Waals surface area contributed by atoms with Gasteiger partial charge in [-0.3, -0.25) is 4.79 Å². The zero-order chi connectivity index (χ0) is 14.0. The predicted molar refractivity (Wildman–Crippen MR) is 75.8 cm³/mol. The largest absolute Gasteiger partial charge is 0.393 e. The van der Waals surface area contributed by atoms with Crippen LogP contribution in [0.2, 0.25) is 0 Å². The molecule has 1 heterocycles. The van der Waals surface area contributed by atoms with Crippen molar-refractivity contribution in [3.63, 3.8) is 0 Å². The van der Waals surface area contributed by atoms with Crippen molar-refractivity contribution in [3.05, 3.63) is 35.9 Å². The van der Waals surface area contributed by atoms with Crippen molar-refractivity contribution in [3.8, 4) is 0 Å². The molecule has 2 rings (SSSR count). The predicted octanol–water partition coefficient (Wildman–Crippen LogP) is 2.19. The van der Waals surface area contributed by atoms with E-state index >= 15 is 0 Å². The number of aliphatic hydroxyl groups excluding tert-OH is 1. The molecular formula is C16H23NO2. The van der Waals surface area contributed by atoms with E-state index in [1.807, 2.05) is 56.0 Å². The molecule has 3 nitrogen and oxygen atoms in total. The van der Waals surface area contributed by atoms with Crippen LogP contribution in [0.15, 0.2) is 30.3 Å². The summed E-state index contributed by atoms with van der Waals surface area (Å²) in [4.78, 5) is 14.6. The van der Waals surface area contributed by atoms with Crippen molar-refractivity contribution in [2.24, 2.45) is 5.92 Å². The van der Waals surface area contributed by atoms with Crippen LogP contribution in [-0.2, 0) is 10.2 Å². The number of piperidine rings is 1. The average molecular weight is 261 g/mol. The van der Waals surface area contributed by atoms with Gasteiger partial charge in [-0.2, -0.15) is 0 Å². The third-order valence-electron chi connectivity index (χ3n) is 4.18. The van der Waals surface area contributed by atoms with Gasteiger partial charge in [-0.1, -0.05) is 37.3 Å². The number of hydrogen-bond acceptors (Lipinski definition) is 2. The maximum absolute atomic E-state index is 12.7. The minimum Gasteiger partial charge on any atom is -0.393 e. The minimum absolute atomic E-state index is 0.150. The molecule has 0 aliphatic carbocycles. The summed E-state index contributed by atoms with van der Waals surface area (Å²) >= 11 is 0. The number of nitrogens with zero attached hydrogens (tertiary/aromatic N) is 1. The molecule has 1 aromatic rings. The zero-order valence-electron chi connectivity index (χ0n) is 12.0. The molecular weight excluding hydrogens is 238 g/mol. The molecule has 2 unspecified atom stereocenters. The molecule has 1 saturated heterocycles. The number of hydrogen-bond donors (Lipinski definition) is 1. The fraction of sp³-hybridized carbons (Fsp3) is 0.562. The van der Waals surface area contributed by atoms with Gasteiger partial charge in [0, 0.05) is 13.1 Å². The van der Waals surface area contributed by atoms with E-state index in [2.05, 4.69) is 0 Å². The van der Waals surface area contributed by atoms with Crippen molar-refractivity contribution in [1.29, 1.82) is 0 Å². The van der Waals surface area contributed by atoms with Gasteiger partial charge < -0.3 is 10.0 Å². The molecule has 1 fully saturated rings. The number of likely N-dealkylation sites (tertiary alicyclic amines) is 1. The van der Waals surface area contributed by atoms with E-state index in [-0.39, 0.29) is 17.9 Å². The smallest absolute Gasteiger partial charge is 0.232 e. The fourth-order valence-corrected chi connectivity index (χ4v) is 2.69. The molecule has 104 valence electrons. The molecule has 0 radical (unpaired) electrons. The number of aliphatic hydroxyl groups is 1. The lowest BCUT2D eigenvalue weighted by Gasteiger charge is -2.39. The maximum Gasteiger partial charge on any atom is 0.232 e. The number of amides is 1. The van der Waals surface area contributed by atoms with Gasteiger partial charge in [-0.25, -0.2) is 0 Å². The average Bonchev–Trinajstić information content (AvgIpc) is 2.42. The van der Waals surface area contributed by atoms with Gasteiger partial charge in [0.2, 0.25) is 5.91 Å². The molecule has 2 atom stereocenters. The Morgan fingerprint density at radius 2 is 1.95 bits per heavy atom. The van der Waals surface area contributed by atoms with Crippen LogP contribution in [0.5, 0.6) is 0 Å². The van der Waals surface area contributed by atoms with Crippen molar-refractivity contribution in [2.75, 3.05) is 13.1 Å². The quantitative estimate of drug-likeness (QED) is 0.886. The maximum atomic E-state index is 12.7. The Hall–Kier alpha value is -1.35. The highest BCUT2D eigenvalue weighted by Gasteiger charge is 2.36. The third kappa shape index (κ3) is 2.81. The van der Waals surface area contributed by atoms with Gasteiger partial charge in [0.15, 0.2) is 0 Å². The molecule has 1 aliphatic heterocycles. The Kier molecular flexibility index (Phi) is 3.95. The van der Waals surface area contributed by atoms with Gasteiger partial charge >= 0.3 is 0 Å². The van der Waals surface area contributed by atoms with Crippen LogP contribution < -0.4 is 0 Å². The second-order valence-corrected chi connectivity index (χ2v) is 6.08. The van der Waals surface area contributed by atoms with Crippen molar-refractivity contribution >= 4 is 5.91 Å². The summed E-state index contributed by atoms with van der Waals surface area (Å²) in [5, 5.41) is 9.76. The zero-order valence-corrected chi connectivity index (χ0v) is 12.0. The first kappa shape index (κ1) is 14.1. The van der Waals surface area contributed by atoms with Crippen LogP contribution in [0.3, 0.4) is 0 Å². The van der Waals surface area contributed by atoms with E-state index in [1.165, 1.54) is 0 Å². The first-order chi connectivity index (χ1) is 8.93. The molecule has 1 aliphatic rings. The Labute approximate surface area is 115 Å². The fourth-order valence-electron chi connectivity index (χ4n) is 2.69. The third-order valence-corrected chi connectivity index (χ3v) is 4.18. The molecule has 0 aromatic heterocycles. The van der Waals surface area contributed by atoms with Crippen LogP contribution in [0.25, 0.3) is 0 Å². The molecule has 1 amide bonds. The van der Waals surface area contributed by atoms with Crippen LogP contribution in [0, 0.1) is 5.92 Å². The van der Waals surface area contributed by atoms with E-state index in [0.717, 1.165) is 5.56 Å². The molecule has 0 saturated carbocycles. The number of rotatable bonds is 2. The Morgan fingerprint density at radius 1 is 1.32 bits per heavy atom. The lowest BCUT2D eigenvalue weighted by atomic mass is 9.82. The molecule has 0 spiro atoms. The minimum atomic E-state index is -0.511. The van der Waals surface area contributed by atoms with Gasteiger partial charge in [-0.05, 0) is 31.7 Å². The Morgan fingerprint density at radius 3 is 2.53 bits per heavy atom. The second kappa shape index (κ2) is 5.33. The second-order valence-electron chi connectivity index (χ2n) is 6.08. The van der Waals surface area contributed by atoms with Crippen LogP contribution in [-0.4, -0.2) is 35.1 Å². The summed E-state index contributed by atoms with van der Waals surface area (Å²) in [6.45, 7) is 7.25. The van der Waals surface area contributed by atoms with Crippen molar-refractivity contribution in [1.82, 2.24) is 4.90 Å². The van der Waals surface area contributed by atoms with Gasteiger partial charge in [0.25, 0.3) is 0 Å². The summed E-state index contributed by atoms with van der Waals surface area (Å²) in [6.07, 6.45) is 0.404. The van der Waals surface area contributed by atoms with Gasteiger partial charge in [0.1, 0.15) is 0 Å². The highest BCUT2D eigenvalue weighted by Crippen LogP contribution is 2.28. The summed E-state index contributed by atoms with van der Waals surface area (Å²) in [5.74, 6) is 0.307. The number of carbonyl (C=O) groups is 1. The lowest BCUT2D eigenvalue weighted by Crippen LogP contribution is -2.50. The van der Waals surface area contributed by atoms with Gasteiger partial charge in [-0.15, -0.1) is 0 Å². The SMILES string of the molecule is CC1CN(C(=O)C(C)(C)c2ccccc2)CCC1O. The van der Waals surface area contributed by atoms with Crippen molar-refractivity contribution < 1.29 is 9.90 Å². The Bertz CT molecular complexity index is 441. The van der Waals surface area contributed by atoms with E-state index in [0.29, 0.717) is 19.5 Å². The first-order valence-corrected chi connectivity index (χ1v) is 6.96. The van der Waals surface area contributed by atoms with E-state index < -0.39 is 5.41 Å². The van der Waals surface area contributed by atoms with Crippen LogP contribution >= 0.6 is 0 Å². The van der Waals surface area contributed by atoms with E-state index in [1.54, 1.807) is 0 Å². The highest BCUT2D eigenvalue weighted by atomic mass is 16.3. The summed E-state index contributed by atoms with van der Waals surface area (Å²) in [6, 6.07) is 9.89. The molecule has 19 heavy (non-hydrogen) atoms. The van der Waals surface area contributed by atoms with Crippen molar-refractivity contribution in [2.45, 2.75) is 38.7 Å². The van der Waals surface area contributed by atoms with E-state index in [9.17, 15) is 9.90 Å². The number of carbonyl (C=O) groups excluding carboxylic acids is 1. The first-order valence-electron chi connectivity index (χ1n) is 6.96. The van der Waals surface area contributed by atoms with Gasteiger partial charge in [0.05, 0.1) is 11.5 Å². The molecule has 1 aromatic carbocycles. The summed E-state index contributed by atoms with van der Waals surface area (Å²) in [5.41, 5.74) is 0.530. The molecule has 1 N–H and O–H groups in total. The van der Waals surface area contributed by atoms with E-state index in [4.69, 9.17) is 0 Å². The van der Waals surface area contributed by atoms with Crippen LogP contribution in [0.4, 0.5) is 0 Å². The standard InChI is InChI=1S/C16H23NO2/c1-12-11-17(10-9-14(12)18)15(19)16(2,3)13-7-5-4-6-8-13/h4-8,12,14,18H,9-11H2,1-3H3. The molecule has 3 heteroatoms. The normalized spacial score (nSPS) is 24.3. The highest BCUT2D eigenvalue weighted by molar-refractivity contribution is 5.87. The topological polar surface area (TPSA) is 40.5 Å². The number of benzene rings is 1. The lowest BCUT2D eigenvalue weighted by molar-refractivity contribution is -0.139.